The molecule has 1 aromatic rings. The molecule has 1 aromatic carbocycles. The highest BCUT2D eigenvalue weighted by molar-refractivity contribution is 6.02. The Morgan fingerprint density at radius 3 is 2.32 bits per heavy atom. The minimum atomic E-state index is -1.20. The van der Waals surface area contributed by atoms with Gasteiger partial charge in [0.1, 0.15) is 0 Å². The Kier molecular flexibility index (Phi) is 5.53. The van der Waals surface area contributed by atoms with Gasteiger partial charge >= 0.3 is 11.9 Å². The van der Waals surface area contributed by atoms with Crippen molar-refractivity contribution in [2.24, 2.45) is 0 Å². The standard InChI is InChI=1S/C13H14O6/c14-11(15)7-3-4-8-19-13(18)10-6-2-1-5-9(10)12(16)17/h1-2,5-6H,3-4,7-8H2,(H,14,15)(H,16,17)/p-1. The fraction of sp³-hybridized carbons (Fsp3) is 0.308. The Labute approximate surface area is 109 Å². The maximum atomic E-state index is 11.7. The molecular formula is C13H13O6-. The molecule has 6 nitrogen and oxygen atoms in total. The Hall–Kier alpha value is -2.37. The smallest absolute Gasteiger partial charge is 0.339 e. The van der Waals surface area contributed by atoms with E-state index in [4.69, 9.17) is 9.84 Å². The van der Waals surface area contributed by atoms with Crippen molar-refractivity contribution in [1.29, 1.82) is 0 Å². The number of hydrogen-bond donors (Lipinski definition) is 1. The first-order chi connectivity index (χ1) is 9.02. The van der Waals surface area contributed by atoms with Gasteiger partial charge in [-0.15, -0.1) is 0 Å². The van der Waals surface area contributed by atoms with Crippen molar-refractivity contribution in [3.05, 3.63) is 35.4 Å². The summed E-state index contributed by atoms with van der Waals surface area (Å²) in [5.74, 6) is -3.08. The summed E-state index contributed by atoms with van der Waals surface area (Å²) in [6.45, 7) is 0.0417. The number of carbonyl (C=O) groups is 3. The molecule has 0 heterocycles. The predicted molar refractivity (Wildman–Crippen MR) is 62.5 cm³/mol. The summed E-state index contributed by atoms with van der Waals surface area (Å²) in [4.78, 5) is 32.7. The molecule has 0 bridgehead atoms. The number of esters is 1. The Morgan fingerprint density at radius 1 is 1.11 bits per heavy atom. The van der Waals surface area contributed by atoms with Crippen LogP contribution in [0.5, 0.6) is 0 Å². The lowest BCUT2D eigenvalue weighted by Gasteiger charge is -2.07. The Morgan fingerprint density at radius 2 is 1.74 bits per heavy atom. The molecule has 1 rings (SSSR count). The van der Waals surface area contributed by atoms with E-state index < -0.39 is 17.9 Å². The molecule has 0 aliphatic carbocycles. The number of ether oxygens (including phenoxy) is 1. The van der Waals surface area contributed by atoms with Crippen LogP contribution in [0.1, 0.15) is 40.0 Å². The van der Waals surface area contributed by atoms with E-state index in [-0.39, 0.29) is 24.2 Å². The third-order valence-electron chi connectivity index (χ3n) is 2.39. The van der Waals surface area contributed by atoms with Gasteiger partial charge in [-0.2, -0.15) is 0 Å². The molecule has 102 valence electrons. The zero-order chi connectivity index (χ0) is 14.3. The summed E-state index contributed by atoms with van der Waals surface area (Å²) < 4.78 is 4.89. The van der Waals surface area contributed by atoms with Gasteiger partial charge in [0.05, 0.1) is 17.7 Å². The minimum Gasteiger partial charge on any atom is -0.550 e. The first-order valence-corrected chi connectivity index (χ1v) is 5.71. The molecule has 0 saturated carbocycles. The first kappa shape index (κ1) is 14.7. The Bertz CT molecular complexity index is 480. The van der Waals surface area contributed by atoms with E-state index in [0.29, 0.717) is 12.8 Å². The molecule has 0 amide bonds. The van der Waals surface area contributed by atoms with Gasteiger partial charge in [-0.05, 0) is 31.4 Å². The van der Waals surface area contributed by atoms with Gasteiger partial charge in [-0.3, -0.25) is 0 Å². The lowest BCUT2D eigenvalue weighted by Crippen LogP contribution is -2.21. The number of benzene rings is 1. The van der Waals surface area contributed by atoms with Crippen molar-refractivity contribution in [3.8, 4) is 0 Å². The SMILES string of the molecule is O=C([O-])CCCCOC(=O)c1ccccc1C(=O)O. The van der Waals surface area contributed by atoms with Crippen molar-refractivity contribution in [2.75, 3.05) is 6.61 Å². The van der Waals surface area contributed by atoms with Crippen molar-refractivity contribution in [3.63, 3.8) is 0 Å². The molecule has 1 N–H and O–H groups in total. The fourth-order valence-electron chi connectivity index (χ4n) is 1.46. The molecule has 0 atom stereocenters. The van der Waals surface area contributed by atoms with E-state index in [1.807, 2.05) is 0 Å². The van der Waals surface area contributed by atoms with E-state index in [2.05, 4.69) is 0 Å². The van der Waals surface area contributed by atoms with Crippen LogP contribution in [-0.4, -0.2) is 29.6 Å². The van der Waals surface area contributed by atoms with Crippen LogP contribution in [0, 0.1) is 0 Å². The lowest BCUT2D eigenvalue weighted by atomic mass is 10.1. The van der Waals surface area contributed by atoms with Crippen LogP contribution >= 0.6 is 0 Å². The maximum Gasteiger partial charge on any atom is 0.339 e. The average Bonchev–Trinajstić information content (AvgIpc) is 2.37. The summed E-state index contributed by atoms with van der Waals surface area (Å²) in [6, 6.07) is 5.74. The van der Waals surface area contributed by atoms with Gasteiger partial charge in [-0.25, -0.2) is 9.59 Å². The minimum absolute atomic E-state index is 0.0186. The normalized spacial score (nSPS) is 9.89. The molecule has 0 aliphatic heterocycles. The highest BCUT2D eigenvalue weighted by Crippen LogP contribution is 2.10. The molecule has 0 spiro atoms. The average molecular weight is 265 g/mol. The summed E-state index contributed by atoms with van der Waals surface area (Å²) >= 11 is 0. The second kappa shape index (κ2) is 7.15. The van der Waals surface area contributed by atoms with Gasteiger partial charge < -0.3 is 19.7 Å². The van der Waals surface area contributed by atoms with Gasteiger partial charge in [0, 0.05) is 5.97 Å². The van der Waals surface area contributed by atoms with Crippen LogP contribution in [0.4, 0.5) is 0 Å². The van der Waals surface area contributed by atoms with Crippen LogP contribution in [0.25, 0.3) is 0 Å². The maximum absolute atomic E-state index is 11.7. The van der Waals surface area contributed by atoms with E-state index in [1.54, 1.807) is 6.07 Å². The van der Waals surface area contributed by atoms with Crippen LogP contribution in [0.15, 0.2) is 24.3 Å². The van der Waals surface area contributed by atoms with E-state index in [1.165, 1.54) is 18.2 Å². The zero-order valence-electron chi connectivity index (χ0n) is 10.1. The number of rotatable bonds is 7. The van der Waals surface area contributed by atoms with Gasteiger partial charge in [0.15, 0.2) is 0 Å². The number of carboxylic acid groups (broad SMARTS) is 2. The molecule has 0 saturated heterocycles. The summed E-state index contributed by atoms with van der Waals surface area (Å²) in [6.07, 6.45) is 0.633. The van der Waals surface area contributed by atoms with Crippen molar-refractivity contribution >= 4 is 17.9 Å². The number of hydrogen-bond acceptors (Lipinski definition) is 5. The van der Waals surface area contributed by atoms with E-state index in [9.17, 15) is 19.5 Å². The highest BCUT2D eigenvalue weighted by Gasteiger charge is 2.16. The molecule has 0 unspecified atom stereocenters. The highest BCUT2D eigenvalue weighted by atomic mass is 16.5. The van der Waals surface area contributed by atoms with Crippen LogP contribution in [0.2, 0.25) is 0 Å². The number of unbranched alkanes of at least 4 members (excludes halogenated alkanes) is 1. The van der Waals surface area contributed by atoms with Crippen LogP contribution < -0.4 is 5.11 Å². The number of carboxylic acids is 2. The largest absolute Gasteiger partial charge is 0.550 e. The van der Waals surface area contributed by atoms with Gasteiger partial charge in [-0.1, -0.05) is 12.1 Å². The second-order valence-electron chi connectivity index (χ2n) is 3.82. The van der Waals surface area contributed by atoms with Crippen molar-refractivity contribution < 1.29 is 29.3 Å². The number of aromatic carboxylic acids is 1. The molecule has 19 heavy (non-hydrogen) atoms. The third-order valence-corrected chi connectivity index (χ3v) is 2.39. The van der Waals surface area contributed by atoms with Gasteiger partial charge in [0.25, 0.3) is 0 Å². The molecule has 6 heteroatoms. The molecule has 0 fully saturated rings. The molecule has 0 aliphatic rings. The van der Waals surface area contributed by atoms with Crippen molar-refractivity contribution in [1.82, 2.24) is 0 Å². The van der Waals surface area contributed by atoms with Crippen LogP contribution in [0.3, 0.4) is 0 Å². The summed E-state index contributed by atoms with van der Waals surface area (Å²) in [5.41, 5.74) is -0.142. The van der Waals surface area contributed by atoms with E-state index in [0.717, 1.165) is 0 Å². The summed E-state index contributed by atoms with van der Waals surface area (Å²) in [7, 11) is 0. The molecule has 0 aromatic heterocycles. The number of aliphatic carboxylic acids is 1. The van der Waals surface area contributed by atoms with Crippen molar-refractivity contribution in [2.45, 2.75) is 19.3 Å². The lowest BCUT2D eigenvalue weighted by molar-refractivity contribution is -0.305. The van der Waals surface area contributed by atoms with Crippen LogP contribution in [-0.2, 0) is 9.53 Å². The topological polar surface area (TPSA) is 104 Å². The monoisotopic (exact) mass is 265 g/mol. The first-order valence-electron chi connectivity index (χ1n) is 5.71. The third kappa shape index (κ3) is 4.79. The molecular weight excluding hydrogens is 252 g/mol. The van der Waals surface area contributed by atoms with E-state index >= 15 is 0 Å². The molecule has 0 radical (unpaired) electrons. The second-order valence-corrected chi connectivity index (χ2v) is 3.82. The van der Waals surface area contributed by atoms with Gasteiger partial charge in [0.2, 0.25) is 0 Å². The Balaban J connectivity index is 2.50. The fourth-order valence-corrected chi connectivity index (χ4v) is 1.46. The quantitative estimate of drug-likeness (QED) is 0.567. The number of carbonyl (C=O) groups excluding carboxylic acids is 2. The summed E-state index contributed by atoms with van der Waals surface area (Å²) in [5, 5.41) is 19.1. The predicted octanol–water partition coefficient (Wildman–Crippen LogP) is 0.462. The zero-order valence-corrected chi connectivity index (χ0v) is 10.1.